The number of benzene rings is 1. The lowest BCUT2D eigenvalue weighted by molar-refractivity contribution is 0.0696. The zero-order chi connectivity index (χ0) is 17.3. The van der Waals surface area contributed by atoms with Crippen molar-refractivity contribution >= 4 is 34.2 Å². The van der Waals surface area contributed by atoms with Crippen molar-refractivity contribution in [3.05, 3.63) is 73.4 Å². The zero-order valence-corrected chi connectivity index (χ0v) is 13.0. The number of hydrogen-bond acceptors (Lipinski definition) is 4. The van der Waals surface area contributed by atoms with Crippen LogP contribution in [-0.2, 0) is 6.54 Å². The van der Waals surface area contributed by atoms with Crippen molar-refractivity contribution in [1.82, 2.24) is 9.97 Å². The van der Waals surface area contributed by atoms with Gasteiger partial charge in [0, 0.05) is 34.2 Å². The number of aromatic amines is 2. The third kappa shape index (κ3) is 3.16. The van der Waals surface area contributed by atoms with Gasteiger partial charge in [-0.05, 0) is 30.3 Å². The van der Waals surface area contributed by atoms with Crippen molar-refractivity contribution in [2.45, 2.75) is 6.54 Å². The number of halogens is 1. The number of H-pyrrole nitrogens is 2. The van der Waals surface area contributed by atoms with Crippen LogP contribution in [0, 0.1) is 0 Å². The quantitative estimate of drug-likeness (QED) is 0.578. The molecule has 0 saturated carbocycles. The van der Waals surface area contributed by atoms with Crippen LogP contribution in [0.2, 0.25) is 5.02 Å². The maximum atomic E-state index is 12.1. The van der Waals surface area contributed by atoms with Crippen LogP contribution in [0.4, 0.5) is 5.69 Å². The summed E-state index contributed by atoms with van der Waals surface area (Å²) in [5.74, 6) is -1.16. The van der Waals surface area contributed by atoms with Crippen LogP contribution in [0.5, 0.6) is 0 Å². The van der Waals surface area contributed by atoms with Crippen LogP contribution in [0.25, 0.3) is 10.9 Å². The first-order valence-electron chi connectivity index (χ1n) is 6.95. The predicted octanol–water partition coefficient (Wildman–Crippen LogP) is 2.18. The lowest BCUT2D eigenvalue weighted by Crippen LogP contribution is -2.19. The Morgan fingerprint density at radius 2 is 1.96 bits per heavy atom. The number of carbonyl (C=O) groups is 1. The normalized spacial score (nSPS) is 10.7. The van der Waals surface area contributed by atoms with E-state index in [9.17, 15) is 14.4 Å². The minimum atomic E-state index is -1.16. The highest BCUT2D eigenvalue weighted by Crippen LogP contribution is 2.17. The Bertz CT molecular complexity index is 1060. The van der Waals surface area contributed by atoms with E-state index in [1.165, 1.54) is 6.07 Å². The number of carboxylic acid groups (broad SMARTS) is 1. The summed E-state index contributed by atoms with van der Waals surface area (Å²) in [6.45, 7) is 0.0595. The molecule has 0 spiro atoms. The topological polar surface area (TPSA) is 115 Å². The average molecular weight is 346 g/mol. The highest BCUT2D eigenvalue weighted by Gasteiger charge is 2.09. The molecule has 0 aliphatic heterocycles. The summed E-state index contributed by atoms with van der Waals surface area (Å²) in [7, 11) is 0. The fourth-order valence-corrected chi connectivity index (χ4v) is 2.46. The Morgan fingerprint density at radius 3 is 2.71 bits per heavy atom. The summed E-state index contributed by atoms with van der Waals surface area (Å²) in [5.41, 5.74) is 0.281. The monoisotopic (exact) mass is 345 g/mol. The molecule has 2 aromatic heterocycles. The maximum absolute atomic E-state index is 12.1. The number of fused-ring (bicyclic) bond motifs is 1. The number of anilines is 1. The van der Waals surface area contributed by atoms with Gasteiger partial charge in [0.25, 0.3) is 11.1 Å². The van der Waals surface area contributed by atoms with E-state index in [0.29, 0.717) is 16.1 Å². The van der Waals surface area contributed by atoms with Crippen LogP contribution in [0.1, 0.15) is 15.9 Å². The van der Waals surface area contributed by atoms with Gasteiger partial charge in [0.05, 0.1) is 5.56 Å². The maximum Gasteiger partial charge on any atom is 0.337 e. The first-order valence-corrected chi connectivity index (χ1v) is 7.33. The Hall–Kier alpha value is -3.06. The fourth-order valence-electron chi connectivity index (χ4n) is 2.28. The molecule has 1 aromatic carbocycles. The van der Waals surface area contributed by atoms with E-state index in [2.05, 4.69) is 15.3 Å². The number of aromatic carboxylic acids is 1. The average Bonchev–Trinajstić information content (AvgIpc) is 2.54. The summed E-state index contributed by atoms with van der Waals surface area (Å²) < 4.78 is 0. The smallest absolute Gasteiger partial charge is 0.337 e. The summed E-state index contributed by atoms with van der Waals surface area (Å²) >= 11 is 5.94. The number of carboxylic acids is 1. The molecule has 7 nitrogen and oxygen atoms in total. The van der Waals surface area contributed by atoms with E-state index >= 15 is 0 Å². The molecule has 8 heteroatoms. The first kappa shape index (κ1) is 15.8. The zero-order valence-electron chi connectivity index (χ0n) is 12.2. The highest BCUT2D eigenvalue weighted by molar-refractivity contribution is 6.31. The van der Waals surface area contributed by atoms with Crippen molar-refractivity contribution in [3.63, 3.8) is 0 Å². The van der Waals surface area contributed by atoms with Crippen molar-refractivity contribution in [3.8, 4) is 0 Å². The molecule has 3 rings (SSSR count). The van der Waals surface area contributed by atoms with E-state index in [-0.39, 0.29) is 23.4 Å². The van der Waals surface area contributed by atoms with Gasteiger partial charge in [-0.25, -0.2) is 4.79 Å². The van der Waals surface area contributed by atoms with Crippen molar-refractivity contribution in [1.29, 1.82) is 0 Å². The lowest BCUT2D eigenvalue weighted by Gasteiger charge is -2.07. The number of hydrogen-bond donors (Lipinski definition) is 4. The van der Waals surface area contributed by atoms with Crippen LogP contribution in [0.15, 0.2) is 46.1 Å². The predicted molar refractivity (Wildman–Crippen MR) is 90.9 cm³/mol. The van der Waals surface area contributed by atoms with Crippen molar-refractivity contribution in [2.75, 3.05) is 5.32 Å². The molecule has 2 heterocycles. The SMILES string of the molecule is O=C(O)c1c[nH]c(=O)c(NCc2cc3cc(Cl)ccc3[nH]c2=O)c1. The highest BCUT2D eigenvalue weighted by atomic mass is 35.5. The molecule has 24 heavy (non-hydrogen) atoms. The molecule has 0 unspecified atom stereocenters. The standard InChI is InChI=1S/C16H12ClN3O4/c17-11-1-2-12-8(4-11)3-9(14(21)20-12)6-18-13-5-10(16(23)24)7-19-15(13)22/h1-5,7,18H,6H2,(H,19,22)(H,20,21)(H,23,24). The summed E-state index contributed by atoms with van der Waals surface area (Å²) in [6.07, 6.45) is 1.11. The molecule has 0 aliphatic rings. The molecule has 0 amide bonds. The van der Waals surface area contributed by atoms with Gasteiger partial charge in [0.2, 0.25) is 0 Å². The molecule has 0 radical (unpaired) electrons. The van der Waals surface area contributed by atoms with Gasteiger partial charge < -0.3 is 20.4 Å². The van der Waals surface area contributed by atoms with Gasteiger partial charge in [0.15, 0.2) is 0 Å². The summed E-state index contributed by atoms with van der Waals surface area (Å²) in [4.78, 5) is 39.9. The fraction of sp³-hybridized carbons (Fsp3) is 0.0625. The van der Waals surface area contributed by atoms with E-state index in [1.54, 1.807) is 24.3 Å². The van der Waals surface area contributed by atoms with Crippen molar-refractivity contribution in [2.24, 2.45) is 0 Å². The van der Waals surface area contributed by atoms with E-state index in [1.807, 2.05) is 0 Å². The second-order valence-electron chi connectivity index (χ2n) is 5.15. The Labute approximate surface area is 139 Å². The van der Waals surface area contributed by atoms with Crippen LogP contribution >= 0.6 is 11.6 Å². The van der Waals surface area contributed by atoms with Gasteiger partial charge in [-0.15, -0.1) is 0 Å². The number of nitrogens with one attached hydrogen (secondary N) is 3. The molecular formula is C16H12ClN3O4. The van der Waals surface area contributed by atoms with Crippen LogP contribution in [-0.4, -0.2) is 21.0 Å². The summed E-state index contributed by atoms with van der Waals surface area (Å²) in [6, 6.07) is 7.98. The first-order chi connectivity index (χ1) is 11.4. The molecular weight excluding hydrogens is 334 g/mol. The van der Waals surface area contributed by atoms with Gasteiger partial charge in [0.1, 0.15) is 5.69 Å². The van der Waals surface area contributed by atoms with Gasteiger partial charge >= 0.3 is 5.97 Å². The number of aromatic nitrogens is 2. The molecule has 3 aromatic rings. The third-order valence-corrected chi connectivity index (χ3v) is 3.74. The molecule has 122 valence electrons. The number of pyridine rings is 2. The van der Waals surface area contributed by atoms with Crippen molar-refractivity contribution < 1.29 is 9.90 Å². The number of rotatable bonds is 4. The van der Waals surface area contributed by atoms with Gasteiger partial charge in [-0.2, -0.15) is 0 Å². The van der Waals surface area contributed by atoms with E-state index in [0.717, 1.165) is 11.6 Å². The molecule has 0 atom stereocenters. The Balaban J connectivity index is 1.92. The molecule has 0 fully saturated rings. The third-order valence-electron chi connectivity index (χ3n) is 3.50. The minimum Gasteiger partial charge on any atom is -0.478 e. The van der Waals surface area contributed by atoms with Crippen LogP contribution in [0.3, 0.4) is 0 Å². The molecule has 0 aliphatic carbocycles. The van der Waals surface area contributed by atoms with Crippen LogP contribution < -0.4 is 16.4 Å². The van der Waals surface area contributed by atoms with Gasteiger partial charge in [-0.1, -0.05) is 11.6 Å². The second kappa shape index (κ2) is 6.21. The van der Waals surface area contributed by atoms with Gasteiger partial charge in [-0.3, -0.25) is 9.59 Å². The second-order valence-corrected chi connectivity index (χ2v) is 5.58. The minimum absolute atomic E-state index is 0.0590. The molecule has 0 saturated heterocycles. The van der Waals surface area contributed by atoms with E-state index < -0.39 is 11.5 Å². The Morgan fingerprint density at radius 1 is 1.17 bits per heavy atom. The largest absolute Gasteiger partial charge is 0.478 e. The summed E-state index contributed by atoms with van der Waals surface area (Å²) in [5, 5.41) is 13.0. The molecule has 0 bridgehead atoms. The van der Waals surface area contributed by atoms with E-state index in [4.69, 9.17) is 16.7 Å². The Kier molecular flexibility index (Phi) is 4.09. The lowest BCUT2D eigenvalue weighted by atomic mass is 10.1. The molecule has 4 N–H and O–H groups in total.